The lowest BCUT2D eigenvalue weighted by Gasteiger charge is -2.10. The van der Waals surface area contributed by atoms with E-state index in [0.717, 1.165) is 23.9 Å². The van der Waals surface area contributed by atoms with Gasteiger partial charge in [0.25, 0.3) is 5.91 Å². The molecule has 0 aliphatic rings. The van der Waals surface area contributed by atoms with Crippen LogP contribution in [0.3, 0.4) is 0 Å². The van der Waals surface area contributed by atoms with Gasteiger partial charge in [0, 0.05) is 42.0 Å². The van der Waals surface area contributed by atoms with Gasteiger partial charge in [-0.15, -0.1) is 0 Å². The maximum absolute atomic E-state index is 13.0. The summed E-state index contributed by atoms with van der Waals surface area (Å²) in [5.74, 6) is 0.274. The predicted octanol–water partition coefficient (Wildman–Crippen LogP) is 5.37. The maximum Gasteiger partial charge on any atom is 0.257 e. The molecule has 0 atom stereocenters. The van der Waals surface area contributed by atoms with E-state index in [4.69, 9.17) is 25.5 Å². The number of hydrogen-bond donors (Lipinski definition) is 2. The lowest BCUT2D eigenvalue weighted by Crippen LogP contribution is -2.30. The average Bonchev–Trinajstić information content (AvgIpc) is 3.32. The highest BCUT2D eigenvalue weighted by Crippen LogP contribution is 2.30. The van der Waals surface area contributed by atoms with E-state index in [0.29, 0.717) is 28.4 Å². The summed E-state index contributed by atoms with van der Waals surface area (Å²) in [6.45, 7) is 0.941. The number of phenols is 1. The van der Waals surface area contributed by atoms with Crippen LogP contribution in [0.4, 0.5) is 0 Å². The Kier molecular flexibility index (Phi) is 7.24. The Morgan fingerprint density at radius 2 is 1.89 bits per heavy atom. The van der Waals surface area contributed by atoms with Crippen LogP contribution in [0.2, 0.25) is 5.02 Å². The SMILES string of the molecule is COc1ccc(-c2coc3cc(OCC(=O)NCCCn4ccc5ccc(Cl)cc54)cc(O)c3c2=O)cc1. The number of nitrogens with zero attached hydrogens (tertiary/aromatic N) is 1. The van der Waals surface area contributed by atoms with Crippen LogP contribution in [0.25, 0.3) is 33.0 Å². The largest absolute Gasteiger partial charge is 0.507 e. The highest BCUT2D eigenvalue weighted by atomic mass is 35.5. The highest BCUT2D eigenvalue weighted by Gasteiger charge is 2.15. The number of carbonyl (C=O) groups excluding carboxylic acids is 1. The van der Waals surface area contributed by atoms with Gasteiger partial charge in [-0.25, -0.2) is 0 Å². The van der Waals surface area contributed by atoms with Crippen molar-refractivity contribution in [3.8, 4) is 28.4 Å². The van der Waals surface area contributed by atoms with Gasteiger partial charge >= 0.3 is 0 Å². The van der Waals surface area contributed by atoms with Crippen LogP contribution in [-0.2, 0) is 11.3 Å². The third-order valence-corrected chi connectivity index (χ3v) is 6.47. The molecule has 0 spiro atoms. The number of aromatic hydroxyl groups is 1. The van der Waals surface area contributed by atoms with E-state index in [1.54, 1.807) is 31.4 Å². The van der Waals surface area contributed by atoms with Gasteiger partial charge in [-0.2, -0.15) is 0 Å². The minimum atomic E-state index is -0.379. The molecule has 0 bridgehead atoms. The molecule has 1 amide bonds. The average molecular weight is 533 g/mol. The minimum absolute atomic E-state index is 0.0361. The Labute approximate surface area is 223 Å². The number of halogens is 1. The van der Waals surface area contributed by atoms with Crippen LogP contribution in [0.15, 0.2) is 82.3 Å². The molecule has 0 fully saturated rings. The number of aryl methyl sites for hydroxylation is 1. The van der Waals surface area contributed by atoms with Gasteiger partial charge in [0.1, 0.15) is 34.5 Å². The molecule has 5 rings (SSSR count). The monoisotopic (exact) mass is 532 g/mol. The predicted molar refractivity (Wildman–Crippen MR) is 146 cm³/mol. The molecule has 9 heteroatoms. The zero-order valence-corrected chi connectivity index (χ0v) is 21.3. The van der Waals surface area contributed by atoms with Crippen LogP contribution >= 0.6 is 11.6 Å². The van der Waals surface area contributed by atoms with Gasteiger partial charge in [-0.05, 0) is 47.7 Å². The molecule has 38 heavy (non-hydrogen) atoms. The van der Waals surface area contributed by atoms with Gasteiger partial charge in [-0.3, -0.25) is 9.59 Å². The smallest absolute Gasteiger partial charge is 0.257 e. The van der Waals surface area contributed by atoms with Crippen molar-refractivity contribution in [2.24, 2.45) is 0 Å². The molecular formula is C29H25ClN2O6. The number of phenolic OH excluding ortho intramolecular Hbond substituents is 1. The lowest BCUT2D eigenvalue weighted by molar-refractivity contribution is -0.123. The van der Waals surface area contributed by atoms with E-state index in [9.17, 15) is 14.7 Å². The lowest BCUT2D eigenvalue weighted by atomic mass is 10.0. The number of rotatable bonds is 9. The quantitative estimate of drug-likeness (QED) is 0.247. The van der Waals surface area contributed by atoms with Crippen molar-refractivity contribution < 1.29 is 23.8 Å². The summed E-state index contributed by atoms with van der Waals surface area (Å²) in [5, 5.41) is 15.2. The zero-order chi connectivity index (χ0) is 26.6. The molecule has 3 aromatic carbocycles. The molecule has 5 aromatic rings. The number of aromatic nitrogens is 1. The van der Waals surface area contributed by atoms with Crippen molar-refractivity contribution in [1.82, 2.24) is 9.88 Å². The minimum Gasteiger partial charge on any atom is -0.507 e. The molecule has 0 saturated heterocycles. The fourth-order valence-corrected chi connectivity index (χ4v) is 4.46. The van der Waals surface area contributed by atoms with Crippen LogP contribution in [0.5, 0.6) is 17.2 Å². The zero-order valence-electron chi connectivity index (χ0n) is 20.6. The first-order valence-corrected chi connectivity index (χ1v) is 12.4. The van der Waals surface area contributed by atoms with Gasteiger partial charge in [0.05, 0.1) is 12.7 Å². The molecule has 0 aliphatic heterocycles. The number of methoxy groups -OCH3 is 1. The van der Waals surface area contributed by atoms with Crippen LogP contribution < -0.4 is 20.2 Å². The maximum atomic E-state index is 13.0. The van der Waals surface area contributed by atoms with Crippen molar-refractivity contribution >= 4 is 39.4 Å². The Morgan fingerprint density at radius 1 is 1.08 bits per heavy atom. The Hall–Kier alpha value is -4.43. The van der Waals surface area contributed by atoms with E-state index >= 15 is 0 Å². The number of fused-ring (bicyclic) bond motifs is 2. The van der Waals surface area contributed by atoms with Crippen molar-refractivity contribution in [3.63, 3.8) is 0 Å². The van der Waals surface area contributed by atoms with Crippen molar-refractivity contribution in [2.45, 2.75) is 13.0 Å². The normalized spacial score (nSPS) is 11.1. The van der Waals surface area contributed by atoms with E-state index in [1.807, 2.05) is 30.5 Å². The number of amides is 1. The molecule has 0 unspecified atom stereocenters. The molecule has 0 aliphatic carbocycles. The van der Waals surface area contributed by atoms with Crippen molar-refractivity contribution in [3.05, 3.63) is 88.4 Å². The van der Waals surface area contributed by atoms with E-state index in [1.165, 1.54) is 18.4 Å². The third kappa shape index (κ3) is 5.31. The second kappa shape index (κ2) is 10.9. The number of ether oxygens (including phenoxy) is 2. The van der Waals surface area contributed by atoms with Crippen LogP contribution in [-0.4, -0.2) is 35.8 Å². The number of hydrogen-bond acceptors (Lipinski definition) is 6. The molecule has 8 nitrogen and oxygen atoms in total. The Balaban J connectivity index is 1.18. The van der Waals surface area contributed by atoms with Gasteiger partial charge in [-0.1, -0.05) is 29.8 Å². The number of benzene rings is 3. The summed E-state index contributed by atoms with van der Waals surface area (Å²) < 4.78 is 18.4. The van der Waals surface area contributed by atoms with E-state index in [-0.39, 0.29) is 40.4 Å². The molecule has 0 radical (unpaired) electrons. The van der Waals surface area contributed by atoms with Gasteiger partial charge in [0.2, 0.25) is 5.43 Å². The topological polar surface area (TPSA) is 103 Å². The molecule has 2 aromatic heterocycles. The number of nitrogens with one attached hydrogen (secondary N) is 1. The number of carbonyl (C=O) groups is 1. The Morgan fingerprint density at radius 3 is 2.68 bits per heavy atom. The van der Waals surface area contributed by atoms with Crippen LogP contribution in [0.1, 0.15) is 6.42 Å². The van der Waals surface area contributed by atoms with E-state index < -0.39 is 0 Å². The van der Waals surface area contributed by atoms with Gasteiger partial charge in [0.15, 0.2) is 6.61 Å². The summed E-state index contributed by atoms with van der Waals surface area (Å²) in [6, 6.07) is 17.5. The fourth-order valence-electron chi connectivity index (χ4n) is 4.29. The first kappa shape index (κ1) is 25.2. The third-order valence-electron chi connectivity index (χ3n) is 6.24. The van der Waals surface area contributed by atoms with Gasteiger partial charge < -0.3 is 28.9 Å². The molecular weight excluding hydrogens is 508 g/mol. The molecule has 2 N–H and O–H groups in total. The Bertz CT molecular complexity index is 1670. The molecule has 194 valence electrons. The second-order valence-corrected chi connectivity index (χ2v) is 9.16. The molecule has 0 saturated carbocycles. The first-order valence-electron chi connectivity index (χ1n) is 12.0. The van der Waals surface area contributed by atoms with Crippen LogP contribution in [0, 0.1) is 0 Å². The van der Waals surface area contributed by atoms with E-state index in [2.05, 4.69) is 9.88 Å². The summed E-state index contributed by atoms with van der Waals surface area (Å²) in [6.07, 6.45) is 4.06. The fraction of sp³-hybridized carbons (Fsp3) is 0.172. The summed E-state index contributed by atoms with van der Waals surface area (Å²) in [7, 11) is 1.56. The highest BCUT2D eigenvalue weighted by molar-refractivity contribution is 6.31. The molecule has 2 heterocycles. The standard InChI is InChI=1S/C29H25ClN2O6/c1-36-21-7-4-18(5-8-21)23-16-38-26-15-22(14-25(33)28(26)29(23)35)37-17-27(34)31-10-2-11-32-12-9-19-3-6-20(30)13-24(19)32/h3-9,12-16,33H,2,10-11,17H2,1H3,(H,31,34). The summed E-state index contributed by atoms with van der Waals surface area (Å²) in [4.78, 5) is 25.3. The summed E-state index contributed by atoms with van der Waals surface area (Å²) in [5.41, 5.74) is 1.76. The first-order chi connectivity index (χ1) is 18.4. The second-order valence-electron chi connectivity index (χ2n) is 8.73. The summed E-state index contributed by atoms with van der Waals surface area (Å²) >= 11 is 6.10. The van der Waals surface area contributed by atoms with Crippen molar-refractivity contribution in [1.29, 1.82) is 0 Å². The van der Waals surface area contributed by atoms with Crippen molar-refractivity contribution in [2.75, 3.05) is 20.3 Å².